The topological polar surface area (TPSA) is 3.88 Å². The molecule has 116 valence electrons. The number of fused-ring (bicyclic) bond motifs is 1. The van der Waals surface area contributed by atoms with Crippen LogP contribution in [-0.2, 0) is 7.05 Å². The number of para-hydroxylation sites is 1. The third-order valence-corrected chi connectivity index (χ3v) is 4.20. The van der Waals surface area contributed by atoms with Gasteiger partial charge in [-0.1, -0.05) is 24.3 Å². The summed E-state index contributed by atoms with van der Waals surface area (Å²) >= 11 is 0. The molecule has 0 aliphatic heterocycles. The van der Waals surface area contributed by atoms with E-state index >= 15 is 0 Å². The van der Waals surface area contributed by atoms with Gasteiger partial charge in [0.05, 0.1) is 26.5 Å². The number of hydrogen-bond donors (Lipinski definition) is 0. The van der Waals surface area contributed by atoms with Crippen LogP contribution in [0.1, 0.15) is 11.1 Å². The maximum atomic E-state index is 2.20. The van der Waals surface area contributed by atoms with Crippen molar-refractivity contribution < 1.29 is 4.57 Å². The highest BCUT2D eigenvalue weighted by atomic mass is 15.3. The van der Waals surface area contributed by atoms with E-state index < -0.39 is 0 Å². The molecule has 2 heteroatoms. The lowest BCUT2D eigenvalue weighted by Gasteiger charge is -2.23. The molecule has 0 unspecified atom stereocenters. The molecule has 1 aromatic heterocycles. The van der Waals surface area contributed by atoms with E-state index in [1.165, 1.54) is 27.7 Å². The maximum Gasteiger partial charge on any atom is 0.212 e. The van der Waals surface area contributed by atoms with E-state index in [1.807, 2.05) is 0 Å². The summed E-state index contributed by atoms with van der Waals surface area (Å²) in [7, 11) is 8.63. The fraction of sp³-hybridized carbons (Fsp3) is 0.190. The van der Waals surface area contributed by atoms with E-state index in [0.717, 1.165) is 4.48 Å². The second-order valence-electron chi connectivity index (χ2n) is 6.84. The number of benzene rings is 2. The van der Waals surface area contributed by atoms with Gasteiger partial charge < -0.3 is 0 Å². The van der Waals surface area contributed by atoms with E-state index in [-0.39, 0.29) is 0 Å². The highest BCUT2D eigenvalue weighted by Gasteiger charge is 2.10. The fourth-order valence-corrected chi connectivity index (χ4v) is 2.75. The first-order valence-electron chi connectivity index (χ1n) is 7.93. The second kappa shape index (κ2) is 5.98. The molecule has 0 N–H and O–H groups in total. The SMILES string of the molecule is C[n+]1ccc(/C=C/c2ccc([N+](C)(C)C)cc2)c2ccccc21. The first-order chi connectivity index (χ1) is 10.9. The monoisotopic (exact) mass is 304 g/mol. The number of aromatic nitrogens is 1. The van der Waals surface area contributed by atoms with Crippen molar-refractivity contribution in [1.82, 2.24) is 4.48 Å². The van der Waals surface area contributed by atoms with Gasteiger partial charge >= 0.3 is 0 Å². The molecular formula is C21H24N2+2. The largest absolute Gasteiger partial charge is 0.298 e. The Morgan fingerprint density at radius 1 is 0.826 bits per heavy atom. The summed E-state index contributed by atoms with van der Waals surface area (Å²) in [6, 6.07) is 19.4. The van der Waals surface area contributed by atoms with Crippen LogP contribution in [0.25, 0.3) is 23.1 Å². The Morgan fingerprint density at radius 3 is 2.22 bits per heavy atom. The minimum Gasteiger partial charge on any atom is -0.298 e. The van der Waals surface area contributed by atoms with Gasteiger partial charge in [-0.15, -0.1) is 0 Å². The lowest BCUT2D eigenvalue weighted by atomic mass is 10.1. The van der Waals surface area contributed by atoms with Crippen LogP contribution in [0.3, 0.4) is 0 Å². The molecule has 0 saturated heterocycles. The highest BCUT2D eigenvalue weighted by Crippen LogP contribution is 2.20. The lowest BCUT2D eigenvalue weighted by molar-refractivity contribution is -0.644. The first kappa shape index (κ1) is 15.4. The molecule has 2 aromatic carbocycles. The predicted molar refractivity (Wildman–Crippen MR) is 100 cm³/mol. The summed E-state index contributed by atoms with van der Waals surface area (Å²) < 4.78 is 2.99. The Morgan fingerprint density at radius 2 is 1.52 bits per heavy atom. The van der Waals surface area contributed by atoms with Gasteiger partial charge in [0, 0.05) is 12.1 Å². The molecule has 23 heavy (non-hydrogen) atoms. The molecule has 3 rings (SSSR count). The summed E-state index contributed by atoms with van der Waals surface area (Å²) in [5.41, 5.74) is 5.02. The average molecular weight is 304 g/mol. The minimum atomic E-state index is 0.837. The normalized spacial score (nSPS) is 12.2. The highest BCUT2D eigenvalue weighted by molar-refractivity contribution is 5.88. The van der Waals surface area contributed by atoms with Crippen LogP contribution < -0.4 is 9.05 Å². The number of quaternary nitrogens is 1. The lowest BCUT2D eigenvalue weighted by Crippen LogP contribution is -2.34. The summed E-state index contributed by atoms with van der Waals surface area (Å²) in [6.07, 6.45) is 6.49. The van der Waals surface area contributed by atoms with Crippen LogP contribution in [0.15, 0.2) is 60.8 Å². The smallest absolute Gasteiger partial charge is 0.212 e. The van der Waals surface area contributed by atoms with Gasteiger partial charge in [0.1, 0.15) is 12.7 Å². The zero-order valence-electron chi connectivity index (χ0n) is 14.3. The molecule has 0 aliphatic carbocycles. The van der Waals surface area contributed by atoms with Crippen molar-refractivity contribution in [2.45, 2.75) is 0 Å². The summed E-state index contributed by atoms with van der Waals surface area (Å²) in [5.74, 6) is 0. The van der Waals surface area contributed by atoms with Gasteiger partial charge in [0.15, 0.2) is 6.20 Å². The Kier molecular flexibility index (Phi) is 4.01. The molecule has 0 radical (unpaired) electrons. The van der Waals surface area contributed by atoms with E-state index in [0.29, 0.717) is 0 Å². The summed E-state index contributed by atoms with van der Waals surface area (Å²) in [6.45, 7) is 0. The zero-order valence-corrected chi connectivity index (χ0v) is 14.3. The molecule has 0 amide bonds. The second-order valence-corrected chi connectivity index (χ2v) is 6.84. The molecule has 0 aliphatic rings. The average Bonchev–Trinajstić information content (AvgIpc) is 2.54. The molecule has 0 fully saturated rings. The van der Waals surface area contributed by atoms with Gasteiger partial charge in [-0.2, -0.15) is 0 Å². The van der Waals surface area contributed by atoms with Crippen molar-refractivity contribution in [3.05, 3.63) is 71.9 Å². The Bertz CT molecular complexity index is 853. The Balaban J connectivity index is 1.93. The molecular weight excluding hydrogens is 280 g/mol. The van der Waals surface area contributed by atoms with Crippen molar-refractivity contribution >= 4 is 28.7 Å². The fourth-order valence-electron chi connectivity index (χ4n) is 2.75. The van der Waals surface area contributed by atoms with Gasteiger partial charge in [-0.25, -0.2) is 4.57 Å². The van der Waals surface area contributed by atoms with Crippen molar-refractivity contribution in [3.63, 3.8) is 0 Å². The first-order valence-corrected chi connectivity index (χ1v) is 7.93. The van der Waals surface area contributed by atoms with Crippen molar-refractivity contribution in [1.29, 1.82) is 0 Å². The number of aryl methyl sites for hydroxylation is 1. The molecule has 0 spiro atoms. The number of nitrogens with zero attached hydrogens (tertiary/aromatic N) is 2. The van der Waals surface area contributed by atoms with Crippen LogP contribution in [0.2, 0.25) is 0 Å². The van der Waals surface area contributed by atoms with Crippen LogP contribution in [0.5, 0.6) is 0 Å². The quantitative estimate of drug-likeness (QED) is 0.508. The van der Waals surface area contributed by atoms with Crippen LogP contribution in [0, 0.1) is 0 Å². The Labute approximate surface area is 138 Å². The summed E-state index contributed by atoms with van der Waals surface area (Å²) in [5, 5.41) is 1.27. The molecule has 1 heterocycles. The van der Waals surface area contributed by atoms with Gasteiger partial charge in [-0.05, 0) is 41.5 Å². The molecule has 2 nitrogen and oxygen atoms in total. The predicted octanol–water partition coefficient (Wildman–Crippen LogP) is 4.03. The molecule has 0 saturated carbocycles. The molecule has 0 bridgehead atoms. The minimum absolute atomic E-state index is 0.837. The van der Waals surface area contributed by atoms with Crippen molar-refractivity contribution in [2.75, 3.05) is 21.1 Å². The van der Waals surface area contributed by atoms with E-state index in [9.17, 15) is 0 Å². The van der Waals surface area contributed by atoms with E-state index in [4.69, 9.17) is 0 Å². The van der Waals surface area contributed by atoms with Crippen LogP contribution in [0.4, 0.5) is 5.69 Å². The third kappa shape index (κ3) is 3.33. The van der Waals surface area contributed by atoms with Gasteiger partial charge in [0.2, 0.25) is 5.52 Å². The zero-order chi connectivity index (χ0) is 16.4. The van der Waals surface area contributed by atoms with Gasteiger partial charge in [-0.3, -0.25) is 4.48 Å². The molecule has 3 aromatic rings. The van der Waals surface area contributed by atoms with Gasteiger partial charge in [0.25, 0.3) is 0 Å². The third-order valence-electron chi connectivity index (χ3n) is 4.20. The maximum absolute atomic E-state index is 2.20. The molecule has 0 atom stereocenters. The van der Waals surface area contributed by atoms with E-state index in [2.05, 4.69) is 106 Å². The van der Waals surface area contributed by atoms with E-state index in [1.54, 1.807) is 0 Å². The van der Waals surface area contributed by atoms with Crippen molar-refractivity contribution in [3.8, 4) is 0 Å². The standard InChI is InChI=1S/C21H24N2/c1-22-16-15-18(20-7-5-6-8-21(20)22)12-9-17-10-13-19(14-11-17)23(2,3)4/h5-16H,1-4H3/q+2/b12-9+. The summed E-state index contributed by atoms with van der Waals surface area (Å²) in [4.78, 5) is 0. The number of hydrogen-bond acceptors (Lipinski definition) is 0. The van der Waals surface area contributed by atoms with Crippen LogP contribution in [-0.4, -0.2) is 21.1 Å². The van der Waals surface area contributed by atoms with Crippen LogP contribution >= 0.6 is 0 Å². The Hall–Kier alpha value is -2.45. The van der Waals surface area contributed by atoms with Crippen molar-refractivity contribution in [2.24, 2.45) is 7.05 Å². The number of pyridine rings is 1. The number of rotatable bonds is 3.